The molecule has 0 spiro atoms. The normalized spacial score (nSPS) is 17.6. The molecule has 1 atom stereocenters. The van der Waals surface area contributed by atoms with E-state index in [2.05, 4.69) is 15.3 Å². The van der Waals surface area contributed by atoms with Crippen LogP contribution >= 0.6 is 0 Å². The minimum Gasteiger partial charge on any atom is -0.381 e. The summed E-state index contributed by atoms with van der Waals surface area (Å²) < 4.78 is 5.23. The van der Waals surface area contributed by atoms with E-state index in [4.69, 9.17) is 4.74 Å². The van der Waals surface area contributed by atoms with Gasteiger partial charge < -0.3 is 10.1 Å². The molecule has 0 aliphatic carbocycles. The van der Waals surface area contributed by atoms with Crippen molar-refractivity contribution in [1.82, 2.24) is 15.3 Å². The van der Waals surface area contributed by atoms with Crippen LogP contribution in [0.5, 0.6) is 0 Å². The second-order valence-electron chi connectivity index (χ2n) is 5.06. The molecule has 5 heteroatoms. The lowest BCUT2D eigenvalue weighted by atomic mass is 10.1. The molecule has 108 valence electrons. The molecule has 3 rings (SSSR count). The van der Waals surface area contributed by atoms with Crippen molar-refractivity contribution >= 4 is 5.91 Å². The van der Waals surface area contributed by atoms with Gasteiger partial charge in [0.2, 0.25) is 5.91 Å². The molecule has 0 radical (unpaired) electrons. The number of carbonyl (C=O) groups excluding carboxylic acids is 1. The molecule has 1 aliphatic heterocycles. The Balaban J connectivity index is 1.65. The topological polar surface area (TPSA) is 64.1 Å². The molecule has 1 N–H and O–H groups in total. The van der Waals surface area contributed by atoms with Crippen LogP contribution in [-0.2, 0) is 16.1 Å². The number of amides is 1. The Labute approximate surface area is 123 Å². The van der Waals surface area contributed by atoms with Gasteiger partial charge in [0.25, 0.3) is 0 Å². The number of ether oxygens (including phenoxy) is 1. The van der Waals surface area contributed by atoms with E-state index < -0.39 is 0 Å². The van der Waals surface area contributed by atoms with Crippen LogP contribution < -0.4 is 5.32 Å². The van der Waals surface area contributed by atoms with Crippen molar-refractivity contribution in [2.75, 3.05) is 13.2 Å². The van der Waals surface area contributed by atoms with E-state index in [1.165, 1.54) is 0 Å². The Morgan fingerprint density at radius 3 is 2.90 bits per heavy atom. The number of pyridine rings is 2. The van der Waals surface area contributed by atoms with Gasteiger partial charge in [0.05, 0.1) is 18.2 Å². The van der Waals surface area contributed by atoms with Crippen LogP contribution in [0.25, 0.3) is 11.3 Å². The first-order valence-corrected chi connectivity index (χ1v) is 7.04. The largest absolute Gasteiger partial charge is 0.381 e. The van der Waals surface area contributed by atoms with E-state index in [-0.39, 0.29) is 11.8 Å². The first-order valence-electron chi connectivity index (χ1n) is 7.04. The molecule has 0 unspecified atom stereocenters. The Morgan fingerprint density at radius 2 is 2.14 bits per heavy atom. The lowest BCUT2D eigenvalue weighted by molar-refractivity contribution is -0.125. The minimum absolute atomic E-state index is 0.00787. The van der Waals surface area contributed by atoms with E-state index in [1.54, 1.807) is 18.6 Å². The summed E-state index contributed by atoms with van der Waals surface area (Å²) in [4.78, 5) is 20.3. The third kappa shape index (κ3) is 3.44. The fourth-order valence-corrected chi connectivity index (χ4v) is 2.34. The lowest BCUT2D eigenvalue weighted by Gasteiger charge is -2.10. The van der Waals surface area contributed by atoms with Crippen molar-refractivity contribution in [3.63, 3.8) is 0 Å². The van der Waals surface area contributed by atoms with Crippen LogP contribution in [0.2, 0.25) is 0 Å². The molecular weight excluding hydrogens is 266 g/mol. The van der Waals surface area contributed by atoms with Crippen LogP contribution in [0.15, 0.2) is 42.9 Å². The summed E-state index contributed by atoms with van der Waals surface area (Å²) in [6.45, 7) is 1.72. The van der Waals surface area contributed by atoms with Crippen LogP contribution in [0, 0.1) is 5.92 Å². The highest BCUT2D eigenvalue weighted by Gasteiger charge is 2.22. The fraction of sp³-hybridized carbons (Fsp3) is 0.312. The zero-order chi connectivity index (χ0) is 14.5. The van der Waals surface area contributed by atoms with Crippen LogP contribution in [0.3, 0.4) is 0 Å². The van der Waals surface area contributed by atoms with Gasteiger partial charge in [-0.1, -0.05) is 0 Å². The van der Waals surface area contributed by atoms with Gasteiger partial charge >= 0.3 is 0 Å². The summed E-state index contributed by atoms with van der Waals surface area (Å²) in [5.41, 5.74) is 2.93. The molecule has 0 bridgehead atoms. The smallest absolute Gasteiger partial charge is 0.225 e. The van der Waals surface area contributed by atoms with Gasteiger partial charge in [0, 0.05) is 37.3 Å². The average Bonchev–Trinajstić information content (AvgIpc) is 3.08. The number of nitrogens with one attached hydrogen (secondary N) is 1. The van der Waals surface area contributed by atoms with Crippen molar-refractivity contribution in [1.29, 1.82) is 0 Å². The standard InChI is InChI=1S/C16H17N3O2/c20-16(14-4-8-21-11-14)19-10-12-1-7-18-15(9-12)13-2-5-17-6-3-13/h1-3,5-7,9,14H,4,8,10-11H2,(H,19,20)/t14-/m1/s1. The highest BCUT2D eigenvalue weighted by atomic mass is 16.5. The van der Waals surface area contributed by atoms with Gasteiger partial charge in [-0.05, 0) is 36.2 Å². The Kier molecular flexibility index (Phi) is 4.21. The summed E-state index contributed by atoms with van der Waals surface area (Å²) in [7, 11) is 0. The second kappa shape index (κ2) is 6.45. The molecule has 1 amide bonds. The number of hydrogen-bond acceptors (Lipinski definition) is 4. The van der Waals surface area contributed by atoms with Gasteiger partial charge in [-0.3, -0.25) is 14.8 Å². The van der Waals surface area contributed by atoms with E-state index in [0.717, 1.165) is 23.2 Å². The third-order valence-corrected chi connectivity index (χ3v) is 3.57. The molecule has 21 heavy (non-hydrogen) atoms. The Hall–Kier alpha value is -2.27. The maximum atomic E-state index is 12.0. The molecule has 5 nitrogen and oxygen atoms in total. The zero-order valence-corrected chi connectivity index (χ0v) is 11.7. The molecule has 0 saturated carbocycles. The van der Waals surface area contributed by atoms with Gasteiger partial charge in [-0.25, -0.2) is 0 Å². The molecule has 2 aromatic heterocycles. The molecule has 2 aromatic rings. The minimum atomic E-state index is -0.00787. The number of nitrogens with zero attached hydrogens (tertiary/aromatic N) is 2. The highest BCUT2D eigenvalue weighted by Crippen LogP contribution is 2.17. The summed E-state index contributed by atoms with van der Waals surface area (Å²) in [6.07, 6.45) is 6.05. The van der Waals surface area contributed by atoms with Crippen LogP contribution in [0.4, 0.5) is 0 Å². The molecule has 0 aromatic carbocycles. The average molecular weight is 283 g/mol. The summed E-state index contributed by atoms with van der Waals surface area (Å²) >= 11 is 0. The summed E-state index contributed by atoms with van der Waals surface area (Å²) in [6, 6.07) is 7.73. The Bertz CT molecular complexity index is 610. The van der Waals surface area contributed by atoms with Crippen molar-refractivity contribution in [3.8, 4) is 11.3 Å². The SMILES string of the molecule is O=C(NCc1ccnc(-c2ccncc2)c1)[C@@H]1CCOC1. The Morgan fingerprint density at radius 1 is 1.29 bits per heavy atom. The van der Waals surface area contributed by atoms with Crippen molar-refractivity contribution < 1.29 is 9.53 Å². The summed E-state index contributed by atoms with van der Waals surface area (Å²) in [5, 5.41) is 2.96. The molecule has 1 fully saturated rings. The number of carbonyl (C=O) groups is 1. The van der Waals surface area contributed by atoms with Crippen LogP contribution in [0.1, 0.15) is 12.0 Å². The quantitative estimate of drug-likeness (QED) is 0.929. The third-order valence-electron chi connectivity index (χ3n) is 3.57. The fourth-order valence-electron chi connectivity index (χ4n) is 2.34. The van der Waals surface area contributed by atoms with Gasteiger partial charge in [0.15, 0.2) is 0 Å². The van der Waals surface area contributed by atoms with Gasteiger partial charge in [-0.15, -0.1) is 0 Å². The van der Waals surface area contributed by atoms with Crippen molar-refractivity contribution in [2.24, 2.45) is 5.92 Å². The molecule has 1 aliphatic rings. The highest BCUT2D eigenvalue weighted by molar-refractivity contribution is 5.79. The number of rotatable bonds is 4. The molecule has 1 saturated heterocycles. The van der Waals surface area contributed by atoms with Crippen LogP contribution in [-0.4, -0.2) is 29.1 Å². The van der Waals surface area contributed by atoms with E-state index in [9.17, 15) is 4.79 Å². The van der Waals surface area contributed by atoms with Crippen molar-refractivity contribution in [2.45, 2.75) is 13.0 Å². The van der Waals surface area contributed by atoms with E-state index in [0.29, 0.717) is 19.8 Å². The number of aromatic nitrogens is 2. The predicted molar refractivity (Wildman–Crippen MR) is 78.2 cm³/mol. The predicted octanol–water partition coefficient (Wildman–Crippen LogP) is 1.80. The first kappa shape index (κ1) is 13.7. The molecule has 3 heterocycles. The van der Waals surface area contributed by atoms with Gasteiger partial charge in [-0.2, -0.15) is 0 Å². The van der Waals surface area contributed by atoms with E-state index in [1.807, 2.05) is 24.3 Å². The zero-order valence-electron chi connectivity index (χ0n) is 11.7. The van der Waals surface area contributed by atoms with Gasteiger partial charge in [0.1, 0.15) is 0 Å². The molecular formula is C16H17N3O2. The van der Waals surface area contributed by atoms with E-state index >= 15 is 0 Å². The maximum absolute atomic E-state index is 12.0. The maximum Gasteiger partial charge on any atom is 0.225 e. The van der Waals surface area contributed by atoms with Crippen molar-refractivity contribution in [3.05, 3.63) is 48.4 Å². The second-order valence-corrected chi connectivity index (χ2v) is 5.06. The number of hydrogen-bond donors (Lipinski definition) is 1. The summed E-state index contributed by atoms with van der Waals surface area (Å²) in [5.74, 6) is 0.0567. The monoisotopic (exact) mass is 283 g/mol. The lowest BCUT2D eigenvalue weighted by Crippen LogP contribution is -2.30. The first-order chi connectivity index (χ1) is 10.3.